The van der Waals surface area contributed by atoms with Crippen molar-refractivity contribution in [1.29, 1.82) is 0 Å². The van der Waals surface area contributed by atoms with Gasteiger partial charge in [-0.3, -0.25) is 4.79 Å². The van der Waals surface area contributed by atoms with Gasteiger partial charge < -0.3 is 20.5 Å². The monoisotopic (exact) mass is 358 g/mol. The van der Waals surface area contributed by atoms with Gasteiger partial charge in [-0.2, -0.15) is 0 Å². The maximum absolute atomic E-state index is 12.4. The number of benzene rings is 1. The molecule has 0 bridgehead atoms. The van der Waals surface area contributed by atoms with Crippen LogP contribution < -0.4 is 15.8 Å². The molecule has 1 unspecified atom stereocenters. The fourth-order valence-electron chi connectivity index (χ4n) is 2.53. The number of halogens is 1. The predicted octanol–water partition coefficient (Wildman–Crippen LogP) is 3.02. The summed E-state index contributed by atoms with van der Waals surface area (Å²) in [5.41, 5.74) is 6.06. The van der Waals surface area contributed by atoms with Gasteiger partial charge in [-0.05, 0) is 43.5 Å². The number of ether oxygens (including phenoxy) is 2. The van der Waals surface area contributed by atoms with Crippen LogP contribution in [0.2, 0.25) is 0 Å². The minimum Gasteiger partial charge on any atom is -0.494 e. The summed E-state index contributed by atoms with van der Waals surface area (Å²) in [5.74, 6) is 1.11. The molecule has 1 amide bonds. The van der Waals surface area contributed by atoms with Gasteiger partial charge in [-0.15, -0.1) is 12.4 Å². The van der Waals surface area contributed by atoms with E-state index >= 15 is 0 Å². The lowest BCUT2D eigenvalue weighted by Gasteiger charge is -2.31. The Morgan fingerprint density at radius 3 is 2.38 bits per heavy atom. The topological polar surface area (TPSA) is 73.6 Å². The third kappa shape index (κ3) is 7.99. The van der Waals surface area contributed by atoms with Gasteiger partial charge in [-0.25, -0.2) is 0 Å². The lowest BCUT2D eigenvalue weighted by Crippen LogP contribution is -2.52. The van der Waals surface area contributed by atoms with Gasteiger partial charge in [0, 0.05) is 37.8 Å². The first-order valence-corrected chi connectivity index (χ1v) is 8.14. The maximum Gasteiger partial charge on any atom is 0.251 e. The zero-order chi connectivity index (χ0) is 17.3. The van der Waals surface area contributed by atoms with Crippen LogP contribution in [-0.4, -0.2) is 38.3 Å². The average Bonchev–Trinajstić information content (AvgIpc) is 2.51. The van der Waals surface area contributed by atoms with Gasteiger partial charge >= 0.3 is 0 Å². The van der Waals surface area contributed by atoms with Gasteiger partial charge in [0.2, 0.25) is 0 Å². The molecule has 0 aliphatic heterocycles. The summed E-state index contributed by atoms with van der Waals surface area (Å²) < 4.78 is 10.6. The standard InChI is InChI=1S/C18H30N2O3.ClH/c1-14(2)12-18(3,13-19)20-17(21)15-6-8-16(9-7-15)23-11-5-10-22-4;/h6-9,14H,5,10-13,19H2,1-4H3,(H,20,21);1H. The summed E-state index contributed by atoms with van der Waals surface area (Å²) >= 11 is 0. The molecule has 138 valence electrons. The molecule has 0 saturated carbocycles. The highest BCUT2D eigenvalue weighted by Gasteiger charge is 2.26. The number of hydrogen-bond acceptors (Lipinski definition) is 4. The highest BCUT2D eigenvalue weighted by molar-refractivity contribution is 5.94. The summed E-state index contributed by atoms with van der Waals surface area (Å²) in [7, 11) is 1.67. The van der Waals surface area contributed by atoms with E-state index in [1.807, 2.05) is 19.1 Å². The molecule has 1 rings (SSSR count). The number of rotatable bonds is 10. The second-order valence-corrected chi connectivity index (χ2v) is 6.54. The summed E-state index contributed by atoms with van der Waals surface area (Å²) in [5, 5.41) is 3.05. The van der Waals surface area contributed by atoms with Crippen molar-refractivity contribution >= 4 is 18.3 Å². The molecule has 3 N–H and O–H groups in total. The molecular weight excluding hydrogens is 328 g/mol. The van der Waals surface area contributed by atoms with Crippen LogP contribution in [-0.2, 0) is 4.74 Å². The number of nitrogens with one attached hydrogen (secondary N) is 1. The second kappa shape index (κ2) is 11.3. The molecule has 0 radical (unpaired) electrons. The Bertz CT molecular complexity index is 480. The minimum atomic E-state index is -0.388. The lowest BCUT2D eigenvalue weighted by atomic mass is 9.90. The third-order valence-electron chi connectivity index (χ3n) is 3.60. The SMILES string of the molecule is COCCCOc1ccc(C(=O)NC(C)(CN)CC(C)C)cc1.Cl. The number of carbonyl (C=O) groups excluding carboxylic acids is 1. The van der Waals surface area contributed by atoms with Crippen molar-refractivity contribution in [2.24, 2.45) is 11.7 Å². The Labute approximate surface area is 151 Å². The zero-order valence-electron chi connectivity index (χ0n) is 15.1. The summed E-state index contributed by atoms with van der Waals surface area (Å²) in [4.78, 5) is 12.4. The molecule has 0 saturated heterocycles. The van der Waals surface area contributed by atoms with E-state index in [0.29, 0.717) is 31.2 Å². The first-order chi connectivity index (χ1) is 10.9. The summed E-state index contributed by atoms with van der Waals surface area (Å²) in [6, 6.07) is 7.16. The molecule has 1 aromatic rings. The zero-order valence-corrected chi connectivity index (χ0v) is 15.9. The molecule has 1 atom stereocenters. The maximum atomic E-state index is 12.4. The second-order valence-electron chi connectivity index (χ2n) is 6.54. The number of hydrogen-bond donors (Lipinski definition) is 2. The molecule has 1 aromatic carbocycles. The first kappa shape index (κ1) is 22.7. The molecule has 0 heterocycles. The Hall–Kier alpha value is -1.30. The molecular formula is C18H31ClN2O3. The van der Waals surface area contributed by atoms with E-state index in [1.165, 1.54) is 0 Å². The van der Waals surface area contributed by atoms with Gasteiger partial charge in [0.25, 0.3) is 5.91 Å². The molecule has 0 fully saturated rings. The van der Waals surface area contributed by atoms with E-state index < -0.39 is 0 Å². The molecule has 24 heavy (non-hydrogen) atoms. The Morgan fingerprint density at radius 2 is 1.88 bits per heavy atom. The first-order valence-electron chi connectivity index (χ1n) is 8.14. The summed E-state index contributed by atoms with van der Waals surface area (Å²) in [6.07, 6.45) is 1.68. The van der Waals surface area contributed by atoms with Crippen LogP contribution in [0.5, 0.6) is 5.75 Å². The molecule has 0 aliphatic carbocycles. The van der Waals surface area contributed by atoms with Crippen molar-refractivity contribution in [3.8, 4) is 5.75 Å². The van der Waals surface area contributed by atoms with E-state index in [0.717, 1.165) is 18.6 Å². The van der Waals surface area contributed by atoms with Crippen LogP contribution in [0, 0.1) is 5.92 Å². The van der Waals surface area contributed by atoms with Crippen molar-refractivity contribution in [2.75, 3.05) is 26.9 Å². The molecule has 5 nitrogen and oxygen atoms in total. The van der Waals surface area contributed by atoms with E-state index in [2.05, 4.69) is 19.2 Å². The van der Waals surface area contributed by atoms with Crippen LogP contribution >= 0.6 is 12.4 Å². The van der Waals surface area contributed by atoms with Crippen molar-refractivity contribution in [1.82, 2.24) is 5.32 Å². The largest absolute Gasteiger partial charge is 0.494 e. The third-order valence-corrected chi connectivity index (χ3v) is 3.60. The van der Waals surface area contributed by atoms with E-state index in [9.17, 15) is 4.79 Å². The molecule has 0 spiro atoms. The highest BCUT2D eigenvalue weighted by atomic mass is 35.5. The van der Waals surface area contributed by atoms with Gasteiger partial charge in [0.1, 0.15) is 5.75 Å². The van der Waals surface area contributed by atoms with Gasteiger partial charge in [-0.1, -0.05) is 13.8 Å². The molecule has 0 aromatic heterocycles. The quantitative estimate of drug-likeness (QED) is 0.630. The average molecular weight is 359 g/mol. The van der Waals surface area contributed by atoms with E-state index in [-0.39, 0.29) is 23.9 Å². The van der Waals surface area contributed by atoms with Crippen molar-refractivity contribution < 1.29 is 14.3 Å². The van der Waals surface area contributed by atoms with Crippen LogP contribution in [0.3, 0.4) is 0 Å². The number of methoxy groups -OCH3 is 1. The van der Waals surface area contributed by atoms with Crippen LogP contribution in [0.4, 0.5) is 0 Å². The van der Waals surface area contributed by atoms with Crippen molar-refractivity contribution in [3.05, 3.63) is 29.8 Å². The van der Waals surface area contributed by atoms with Crippen molar-refractivity contribution in [2.45, 2.75) is 39.2 Å². The van der Waals surface area contributed by atoms with E-state index in [4.69, 9.17) is 15.2 Å². The smallest absolute Gasteiger partial charge is 0.251 e. The molecule has 6 heteroatoms. The predicted molar refractivity (Wildman–Crippen MR) is 100 cm³/mol. The Balaban J connectivity index is 0.00000529. The van der Waals surface area contributed by atoms with Crippen LogP contribution in [0.15, 0.2) is 24.3 Å². The Morgan fingerprint density at radius 1 is 1.25 bits per heavy atom. The lowest BCUT2D eigenvalue weighted by molar-refractivity contribution is 0.0898. The van der Waals surface area contributed by atoms with E-state index in [1.54, 1.807) is 19.2 Å². The van der Waals surface area contributed by atoms with Crippen molar-refractivity contribution in [3.63, 3.8) is 0 Å². The van der Waals surface area contributed by atoms with Crippen LogP contribution in [0.1, 0.15) is 44.0 Å². The number of amides is 1. The normalized spacial score (nSPS) is 13.1. The summed E-state index contributed by atoms with van der Waals surface area (Å²) in [6.45, 7) is 7.91. The Kier molecular flexibility index (Phi) is 10.7. The fourth-order valence-corrected chi connectivity index (χ4v) is 2.53. The number of carbonyl (C=O) groups is 1. The van der Waals surface area contributed by atoms with Gasteiger partial charge in [0.05, 0.1) is 6.61 Å². The molecule has 0 aliphatic rings. The highest BCUT2D eigenvalue weighted by Crippen LogP contribution is 2.17. The fraction of sp³-hybridized carbons (Fsp3) is 0.611. The minimum absolute atomic E-state index is 0. The van der Waals surface area contributed by atoms with Gasteiger partial charge in [0.15, 0.2) is 0 Å². The van der Waals surface area contributed by atoms with Crippen LogP contribution in [0.25, 0.3) is 0 Å². The number of nitrogens with two attached hydrogens (primary N) is 1.